The first-order chi connectivity index (χ1) is 17.5. The number of carbonyl (C=O) groups excluding carboxylic acids is 1. The Labute approximate surface area is 225 Å². The number of carboxylic acids is 1. The Hall–Kier alpha value is -3.09. The first-order valence-electron chi connectivity index (χ1n) is 11.5. The molecule has 194 valence electrons. The van der Waals surface area contributed by atoms with Crippen LogP contribution >= 0.6 is 20.7 Å². The van der Waals surface area contributed by atoms with Gasteiger partial charge in [0.05, 0.1) is 4.90 Å². The molecule has 10 heteroatoms. The minimum absolute atomic E-state index is 0.0198. The average Bonchev–Trinajstić information content (AvgIpc) is 3.20. The molecule has 8 nitrogen and oxygen atoms in total. The van der Waals surface area contributed by atoms with E-state index in [0.29, 0.717) is 11.4 Å². The zero-order valence-electron chi connectivity index (χ0n) is 20.7. The predicted molar refractivity (Wildman–Crippen MR) is 152 cm³/mol. The fraction of sp³-hybridized carbons (Fsp3) is 0.222. The van der Waals surface area contributed by atoms with E-state index in [-0.39, 0.29) is 31.5 Å². The van der Waals surface area contributed by atoms with E-state index in [9.17, 15) is 23.1 Å². The molecule has 2 heterocycles. The van der Waals surface area contributed by atoms with Gasteiger partial charge in [-0.15, -0.1) is 0 Å². The second kappa shape index (κ2) is 10.7. The molecule has 1 aliphatic rings. The van der Waals surface area contributed by atoms with Gasteiger partial charge >= 0.3 is 5.97 Å². The monoisotopic (exact) mass is 634 g/mol. The number of hydrogen-bond donors (Lipinski definition) is 3. The molecule has 2 aromatic carbocycles. The zero-order chi connectivity index (χ0) is 26.9. The van der Waals surface area contributed by atoms with E-state index in [1.54, 1.807) is 38.1 Å². The minimum atomic E-state index is -3.99. The van der Waals surface area contributed by atoms with Crippen molar-refractivity contribution in [1.82, 2.24) is 4.72 Å². The number of allylic oxidation sites excluding steroid dienone is 2. The van der Waals surface area contributed by atoms with Crippen molar-refractivity contribution in [1.29, 1.82) is 0 Å². The second-order valence-corrected chi connectivity index (χ2v) is 13.1. The molecule has 1 unspecified atom stereocenters. The Bertz CT molecular complexity index is 1520. The predicted octanol–water partition coefficient (Wildman–Crippen LogP) is 5.25. The number of sulfonamides is 1. The first-order valence-corrected chi connectivity index (χ1v) is 15.3. The molecule has 0 saturated carbocycles. The lowest BCUT2D eigenvalue weighted by atomic mass is 10.0. The van der Waals surface area contributed by atoms with Crippen LogP contribution in [-0.4, -0.2) is 35.5 Å². The molecule has 37 heavy (non-hydrogen) atoms. The highest BCUT2D eigenvalue weighted by Gasteiger charge is 2.28. The van der Waals surface area contributed by atoms with E-state index in [2.05, 4.69) is 20.1 Å². The van der Waals surface area contributed by atoms with Crippen LogP contribution in [0.15, 0.2) is 63.9 Å². The Balaban J connectivity index is 1.47. The highest BCUT2D eigenvalue weighted by molar-refractivity contribution is 14.2. The molecule has 0 fully saturated rings. The van der Waals surface area contributed by atoms with Crippen LogP contribution < -0.4 is 10.0 Å². The largest absolute Gasteiger partial charge is 0.480 e. The summed E-state index contributed by atoms with van der Waals surface area (Å²) in [7, 11) is -3.99. The summed E-state index contributed by atoms with van der Waals surface area (Å²) in [6, 6.07) is 12.1. The molecule has 3 N–H and O–H groups in total. The summed E-state index contributed by atoms with van der Waals surface area (Å²) in [6.07, 6.45) is 2.08. The van der Waals surface area contributed by atoms with Crippen LogP contribution in [0.5, 0.6) is 0 Å². The van der Waals surface area contributed by atoms with Gasteiger partial charge in [0.25, 0.3) is 5.91 Å². The van der Waals surface area contributed by atoms with Gasteiger partial charge in [0.15, 0.2) is 9.53 Å². The molecule has 4 rings (SSSR count). The molecular formula is C27H27IN2O6S. The summed E-state index contributed by atoms with van der Waals surface area (Å²) in [6.45, 7) is 7.19. The molecule has 1 aromatic heterocycles. The van der Waals surface area contributed by atoms with E-state index in [4.69, 9.17) is 4.42 Å². The average molecular weight is 634 g/mol. The van der Waals surface area contributed by atoms with Crippen molar-refractivity contribution in [2.75, 3.05) is 5.32 Å². The first kappa shape index (κ1) is 27.0. The van der Waals surface area contributed by atoms with Crippen molar-refractivity contribution in [3.63, 3.8) is 0 Å². The molecule has 1 atom stereocenters. The standard InChI is InChI=1S/C27H27IN2O6S/c1-15(2)23(27(32)33)30-37(34,35)21-11-7-19(8-12-21)18-5-9-20(10-6-18)29-26(31)24-17(4)22-16(3)13-14-28-25(22)36-24/h5-15,23,30H,1-4H3,(H,29,31)(H,32,33). The Morgan fingerprint density at radius 3 is 2.11 bits per heavy atom. The lowest BCUT2D eigenvalue weighted by Crippen LogP contribution is -2.44. The molecule has 0 bridgehead atoms. The number of aliphatic carboxylic acids is 1. The number of benzene rings is 2. The van der Waals surface area contributed by atoms with E-state index >= 15 is 0 Å². The number of amides is 1. The summed E-state index contributed by atoms with van der Waals surface area (Å²) in [4.78, 5) is 24.2. The molecule has 0 spiro atoms. The van der Waals surface area contributed by atoms with Crippen molar-refractivity contribution in [2.24, 2.45) is 5.92 Å². The van der Waals surface area contributed by atoms with Gasteiger partial charge in [0.1, 0.15) is 6.04 Å². The minimum Gasteiger partial charge on any atom is -0.480 e. The van der Waals surface area contributed by atoms with Crippen LogP contribution in [0.3, 0.4) is 0 Å². The topological polar surface area (TPSA) is 126 Å². The van der Waals surface area contributed by atoms with Gasteiger partial charge in [0.2, 0.25) is 10.0 Å². The highest BCUT2D eigenvalue weighted by Crippen LogP contribution is 2.35. The zero-order valence-corrected chi connectivity index (χ0v) is 23.7. The third-order valence-corrected chi connectivity index (χ3v) is 9.54. The lowest BCUT2D eigenvalue weighted by molar-refractivity contribution is -0.140. The summed E-state index contributed by atoms with van der Waals surface area (Å²) in [5.74, 6) is -1.62. The van der Waals surface area contributed by atoms with Crippen LogP contribution in [-0.2, 0) is 14.8 Å². The summed E-state index contributed by atoms with van der Waals surface area (Å²) < 4.78 is 36.5. The van der Waals surface area contributed by atoms with E-state index in [1.807, 2.05) is 26.0 Å². The number of carboxylic acid groups (broad SMARTS) is 1. The quantitative estimate of drug-likeness (QED) is 0.291. The molecule has 1 aliphatic heterocycles. The van der Waals surface area contributed by atoms with Gasteiger partial charge < -0.3 is 14.8 Å². The Morgan fingerprint density at radius 2 is 1.57 bits per heavy atom. The fourth-order valence-electron chi connectivity index (χ4n) is 3.96. The normalized spacial score (nSPS) is 13.9. The summed E-state index contributed by atoms with van der Waals surface area (Å²) >= 11 is -0.382. The van der Waals surface area contributed by atoms with E-state index in [0.717, 1.165) is 31.6 Å². The van der Waals surface area contributed by atoms with Gasteiger partial charge in [-0.25, -0.2) is 8.42 Å². The SMILES string of the molecule is CC1=CC=Ic2oc(C(=O)Nc3ccc(-c4ccc(S(=O)(=O)NC(C(=O)O)C(C)C)cc4)cc3)c(C)c21. The van der Waals surface area contributed by atoms with Gasteiger partial charge in [-0.05, 0) is 85.5 Å². The highest BCUT2D eigenvalue weighted by atomic mass is 127. The van der Waals surface area contributed by atoms with Gasteiger partial charge in [-0.3, -0.25) is 9.59 Å². The molecule has 1 amide bonds. The van der Waals surface area contributed by atoms with Crippen LogP contribution in [0.25, 0.3) is 16.7 Å². The Morgan fingerprint density at radius 1 is 0.973 bits per heavy atom. The number of nitrogens with one attached hydrogen (secondary N) is 2. The number of furan rings is 1. The number of fused-ring (bicyclic) bond motifs is 1. The van der Waals surface area contributed by atoms with Crippen molar-refractivity contribution in [3.05, 3.63) is 75.3 Å². The number of rotatable bonds is 8. The molecule has 0 aliphatic carbocycles. The van der Waals surface area contributed by atoms with E-state index in [1.165, 1.54) is 12.1 Å². The number of carbonyl (C=O) groups is 2. The van der Waals surface area contributed by atoms with Gasteiger partial charge in [-0.2, -0.15) is 4.72 Å². The van der Waals surface area contributed by atoms with Crippen LogP contribution in [0.1, 0.15) is 42.5 Å². The van der Waals surface area contributed by atoms with Crippen LogP contribution in [0, 0.1) is 16.6 Å². The maximum Gasteiger partial charge on any atom is 0.322 e. The van der Waals surface area contributed by atoms with Crippen molar-refractivity contribution in [2.45, 2.75) is 38.6 Å². The number of anilines is 1. The number of hydrogen-bond acceptors (Lipinski definition) is 5. The third kappa shape index (κ3) is 5.76. The van der Waals surface area contributed by atoms with Gasteiger partial charge in [0, 0.05) is 16.8 Å². The van der Waals surface area contributed by atoms with E-state index < -0.39 is 28.0 Å². The summed E-state index contributed by atoms with van der Waals surface area (Å²) in [5, 5.41) is 12.2. The van der Waals surface area contributed by atoms with Gasteiger partial charge in [-0.1, -0.05) is 44.2 Å². The lowest BCUT2D eigenvalue weighted by Gasteiger charge is -2.18. The van der Waals surface area contributed by atoms with Crippen molar-refractivity contribution in [3.8, 4) is 11.1 Å². The van der Waals surface area contributed by atoms with Crippen molar-refractivity contribution >= 4 is 57.9 Å². The van der Waals surface area contributed by atoms with Crippen LogP contribution in [0.2, 0.25) is 0 Å². The Kier molecular flexibility index (Phi) is 7.81. The molecule has 0 saturated heterocycles. The number of halogens is 1. The van der Waals surface area contributed by atoms with Crippen molar-refractivity contribution < 1.29 is 27.5 Å². The summed E-state index contributed by atoms with van der Waals surface area (Å²) in [5.41, 5.74) is 5.19. The molecule has 3 aromatic rings. The fourth-order valence-corrected chi connectivity index (χ4v) is 7.83. The smallest absolute Gasteiger partial charge is 0.322 e. The second-order valence-electron chi connectivity index (χ2n) is 9.03. The third-order valence-electron chi connectivity index (χ3n) is 6.04. The maximum atomic E-state index is 12.9. The van der Waals surface area contributed by atoms with Crippen LogP contribution in [0.4, 0.5) is 5.69 Å². The maximum absolute atomic E-state index is 12.9. The molecular weight excluding hydrogens is 607 g/mol. The molecule has 0 radical (unpaired) electrons.